The summed E-state index contributed by atoms with van der Waals surface area (Å²) >= 11 is 4.86. The molecule has 0 spiro atoms. The molecule has 4 nitrogen and oxygen atoms in total. The molecule has 0 aromatic carbocycles. The SMILES string of the molecule is CC(C)CC(=O)N1CCOC(C(N)=S)C1. The number of thiocarbonyl (C=S) groups is 1. The molecule has 0 aromatic heterocycles. The summed E-state index contributed by atoms with van der Waals surface area (Å²) in [5, 5.41) is 0. The van der Waals surface area contributed by atoms with Gasteiger partial charge in [-0.3, -0.25) is 4.79 Å². The maximum atomic E-state index is 11.8. The van der Waals surface area contributed by atoms with Crippen LogP contribution in [0.5, 0.6) is 0 Å². The van der Waals surface area contributed by atoms with Gasteiger partial charge in [0.15, 0.2) is 0 Å². The molecule has 15 heavy (non-hydrogen) atoms. The molecule has 2 N–H and O–H groups in total. The third kappa shape index (κ3) is 3.76. The Balaban J connectivity index is 2.48. The Hall–Kier alpha value is -0.680. The Morgan fingerprint density at radius 1 is 1.67 bits per heavy atom. The van der Waals surface area contributed by atoms with Crippen LogP contribution in [0.2, 0.25) is 0 Å². The number of carbonyl (C=O) groups excluding carboxylic acids is 1. The molecule has 1 amide bonds. The van der Waals surface area contributed by atoms with Gasteiger partial charge >= 0.3 is 0 Å². The van der Waals surface area contributed by atoms with Gasteiger partial charge < -0.3 is 15.4 Å². The fourth-order valence-corrected chi connectivity index (χ4v) is 1.67. The third-order valence-electron chi connectivity index (χ3n) is 2.32. The van der Waals surface area contributed by atoms with E-state index in [1.54, 1.807) is 4.90 Å². The van der Waals surface area contributed by atoms with Crippen LogP contribution < -0.4 is 5.73 Å². The summed E-state index contributed by atoms with van der Waals surface area (Å²) in [5.41, 5.74) is 5.50. The van der Waals surface area contributed by atoms with Gasteiger partial charge in [0.05, 0.1) is 13.2 Å². The molecule has 1 aliphatic heterocycles. The van der Waals surface area contributed by atoms with Crippen molar-refractivity contribution in [3.05, 3.63) is 0 Å². The molecule has 1 unspecified atom stereocenters. The van der Waals surface area contributed by atoms with Crippen LogP contribution >= 0.6 is 12.2 Å². The molecule has 1 rings (SSSR count). The van der Waals surface area contributed by atoms with E-state index in [0.717, 1.165) is 0 Å². The average molecular weight is 230 g/mol. The highest BCUT2D eigenvalue weighted by atomic mass is 32.1. The number of nitrogens with two attached hydrogens (primary N) is 1. The first-order valence-corrected chi connectivity index (χ1v) is 5.60. The third-order valence-corrected chi connectivity index (χ3v) is 2.58. The van der Waals surface area contributed by atoms with Crippen LogP contribution in [0.3, 0.4) is 0 Å². The highest BCUT2D eigenvalue weighted by molar-refractivity contribution is 7.80. The van der Waals surface area contributed by atoms with E-state index < -0.39 is 0 Å². The van der Waals surface area contributed by atoms with Crippen molar-refractivity contribution in [3.63, 3.8) is 0 Å². The molecule has 0 radical (unpaired) electrons. The van der Waals surface area contributed by atoms with E-state index >= 15 is 0 Å². The number of carbonyl (C=O) groups is 1. The zero-order chi connectivity index (χ0) is 11.4. The summed E-state index contributed by atoms with van der Waals surface area (Å²) in [6.07, 6.45) is 0.300. The van der Waals surface area contributed by atoms with E-state index in [0.29, 0.717) is 37.0 Å². The van der Waals surface area contributed by atoms with Crippen LogP contribution in [0.4, 0.5) is 0 Å². The molecule has 1 heterocycles. The molecule has 1 atom stereocenters. The fraction of sp³-hybridized carbons (Fsp3) is 0.800. The van der Waals surface area contributed by atoms with Gasteiger partial charge in [-0.05, 0) is 5.92 Å². The van der Waals surface area contributed by atoms with Crippen molar-refractivity contribution in [3.8, 4) is 0 Å². The minimum atomic E-state index is -0.273. The second kappa shape index (κ2) is 5.42. The normalized spacial score (nSPS) is 21.8. The van der Waals surface area contributed by atoms with Gasteiger partial charge in [0.2, 0.25) is 5.91 Å². The largest absolute Gasteiger partial charge is 0.391 e. The zero-order valence-electron chi connectivity index (χ0n) is 9.23. The highest BCUT2D eigenvalue weighted by Gasteiger charge is 2.25. The number of nitrogens with zero attached hydrogens (tertiary/aromatic N) is 1. The molecule has 86 valence electrons. The van der Waals surface area contributed by atoms with E-state index in [1.165, 1.54) is 0 Å². The summed E-state index contributed by atoms with van der Waals surface area (Å²) in [4.78, 5) is 13.9. The number of ether oxygens (including phenoxy) is 1. The lowest BCUT2D eigenvalue weighted by molar-refractivity contribution is -0.137. The number of hydrogen-bond acceptors (Lipinski definition) is 3. The van der Waals surface area contributed by atoms with Crippen LogP contribution in [0.25, 0.3) is 0 Å². The number of rotatable bonds is 3. The fourth-order valence-electron chi connectivity index (χ4n) is 1.53. The van der Waals surface area contributed by atoms with Crippen molar-refractivity contribution in [2.75, 3.05) is 19.7 Å². The van der Waals surface area contributed by atoms with E-state index in [1.807, 2.05) is 13.8 Å². The predicted octanol–water partition coefficient (Wildman–Crippen LogP) is 0.546. The molecular formula is C10H18N2O2S. The van der Waals surface area contributed by atoms with E-state index in [-0.39, 0.29) is 12.0 Å². The summed E-state index contributed by atoms with van der Waals surface area (Å²) in [6, 6.07) is 0. The molecule has 0 saturated carbocycles. The van der Waals surface area contributed by atoms with Gasteiger partial charge in [0.25, 0.3) is 0 Å². The van der Waals surface area contributed by atoms with Crippen LogP contribution in [0, 0.1) is 5.92 Å². The average Bonchev–Trinajstić information content (AvgIpc) is 2.17. The Morgan fingerprint density at radius 2 is 2.33 bits per heavy atom. The minimum Gasteiger partial charge on any atom is -0.391 e. The monoisotopic (exact) mass is 230 g/mol. The van der Waals surface area contributed by atoms with E-state index in [9.17, 15) is 4.79 Å². The first-order chi connectivity index (χ1) is 7.00. The standard InChI is InChI=1S/C10H18N2O2S/c1-7(2)5-9(13)12-3-4-14-8(6-12)10(11)15/h7-8H,3-6H2,1-2H3,(H2,11,15). The number of morpholine rings is 1. The molecule has 1 saturated heterocycles. The molecule has 0 aromatic rings. The Labute approximate surface area is 95.8 Å². The van der Waals surface area contributed by atoms with Crippen LogP contribution in [-0.2, 0) is 9.53 Å². The van der Waals surface area contributed by atoms with E-state index in [2.05, 4.69) is 0 Å². The summed E-state index contributed by atoms with van der Waals surface area (Å²) in [5.74, 6) is 0.540. The lowest BCUT2D eigenvalue weighted by Crippen LogP contribution is -2.50. The van der Waals surface area contributed by atoms with Crippen LogP contribution in [0.1, 0.15) is 20.3 Å². The first-order valence-electron chi connectivity index (χ1n) is 5.19. The highest BCUT2D eigenvalue weighted by Crippen LogP contribution is 2.10. The maximum absolute atomic E-state index is 11.8. The zero-order valence-corrected chi connectivity index (χ0v) is 10.0. The molecule has 5 heteroatoms. The van der Waals surface area contributed by atoms with E-state index in [4.69, 9.17) is 22.7 Å². The first kappa shape index (κ1) is 12.4. The van der Waals surface area contributed by atoms with Gasteiger partial charge in [0.1, 0.15) is 11.1 Å². The van der Waals surface area contributed by atoms with Crippen molar-refractivity contribution in [2.45, 2.75) is 26.4 Å². The van der Waals surface area contributed by atoms with Gasteiger partial charge in [-0.1, -0.05) is 26.1 Å². The molecule has 1 fully saturated rings. The minimum absolute atomic E-state index is 0.162. The molecule has 0 aliphatic carbocycles. The maximum Gasteiger partial charge on any atom is 0.223 e. The number of amides is 1. The van der Waals surface area contributed by atoms with Gasteiger partial charge in [-0.15, -0.1) is 0 Å². The van der Waals surface area contributed by atoms with Gasteiger partial charge in [0, 0.05) is 13.0 Å². The lowest BCUT2D eigenvalue weighted by Gasteiger charge is -2.32. The molecular weight excluding hydrogens is 212 g/mol. The van der Waals surface area contributed by atoms with Crippen LogP contribution in [-0.4, -0.2) is 41.6 Å². The van der Waals surface area contributed by atoms with Gasteiger partial charge in [-0.25, -0.2) is 0 Å². The second-order valence-corrected chi connectivity index (χ2v) is 4.67. The Kier molecular flexibility index (Phi) is 4.47. The summed E-state index contributed by atoms with van der Waals surface area (Å²) < 4.78 is 5.36. The van der Waals surface area contributed by atoms with Crippen molar-refractivity contribution in [2.24, 2.45) is 11.7 Å². The quantitative estimate of drug-likeness (QED) is 0.719. The smallest absolute Gasteiger partial charge is 0.223 e. The van der Waals surface area contributed by atoms with Crippen LogP contribution in [0.15, 0.2) is 0 Å². The topological polar surface area (TPSA) is 55.6 Å². The van der Waals surface area contributed by atoms with Crippen molar-refractivity contribution < 1.29 is 9.53 Å². The van der Waals surface area contributed by atoms with Gasteiger partial charge in [-0.2, -0.15) is 0 Å². The Bertz CT molecular complexity index is 256. The second-order valence-electron chi connectivity index (χ2n) is 4.20. The number of hydrogen-bond donors (Lipinski definition) is 1. The lowest BCUT2D eigenvalue weighted by atomic mass is 10.1. The van der Waals surface area contributed by atoms with Crippen molar-refractivity contribution >= 4 is 23.1 Å². The Morgan fingerprint density at radius 3 is 2.87 bits per heavy atom. The predicted molar refractivity (Wildman–Crippen MR) is 62.6 cm³/mol. The van der Waals surface area contributed by atoms with Crippen molar-refractivity contribution in [1.29, 1.82) is 0 Å². The molecule has 0 bridgehead atoms. The summed E-state index contributed by atoms with van der Waals surface area (Å²) in [6.45, 7) is 5.73. The summed E-state index contributed by atoms with van der Waals surface area (Å²) in [7, 11) is 0. The molecule has 1 aliphatic rings. The van der Waals surface area contributed by atoms with Crippen molar-refractivity contribution in [1.82, 2.24) is 4.90 Å².